The fraction of sp³-hybridized carbons (Fsp3) is 0.188. The van der Waals surface area contributed by atoms with Crippen molar-refractivity contribution in [2.24, 2.45) is 0 Å². The Hall–Kier alpha value is -4.58. The third-order valence-electron chi connectivity index (χ3n) is 6.77. The van der Waals surface area contributed by atoms with E-state index < -0.39 is 17.7 Å². The molecule has 1 aliphatic heterocycles. The van der Waals surface area contributed by atoms with Gasteiger partial charge in [0.1, 0.15) is 23.9 Å². The monoisotopic (exact) mass is 507 g/mol. The van der Waals surface area contributed by atoms with Crippen molar-refractivity contribution in [1.29, 1.82) is 0 Å². The van der Waals surface area contributed by atoms with Gasteiger partial charge in [0.15, 0.2) is 0 Å². The number of ether oxygens (including phenoxy) is 1. The number of amides is 1. The average molecular weight is 508 g/mol. The van der Waals surface area contributed by atoms with E-state index in [1.54, 1.807) is 36.4 Å². The van der Waals surface area contributed by atoms with Crippen LogP contribution in [0, 0.1) is 6.92 Å². The van der Waals surface area contributed by atoms with Crippen LogP contribution in [0.1, 0.15) is 46.5 Å². The minimum atomic E-state index is -0.747. The summed E-state index contributed by atoms with van der Waals surface area (Å²) in [5.41, 5.74) is 4.58. The van der Waals surface area contributed by atoms with E-state index in [1.165, 1.54) is 11.2 Å². The van der Waals surface area contributed by atoms with Crippen LogP contribution in [0.15, 0.2) is 101 Å². The Kier molecular flexibility index (Phi) is 7.13. The van der Waals surface area contributed by atoms with Crippen molar-refractivity contribution < 1.29 is 23.8 Å². The lowest BCUT2D eigenvalue weighted by Crippen LogP contribution is -2.29. The van der Waals surface area contributed by atoms with Crippen LogP contribution in [0.5, 0.6) is 5.75 Å². The van der Waals surface area contributed by atoms with E-state index in [0.29, 0.717) is 23.7 Å². The Morgan fingerprint density at radius 2 is 1.71 bits per heavy atom. The first-order chi connectivity index (χ1) is 18.4. The Morgan fingerprint density at radius 3 is 2.37 bits per heavy atom. The number of Topliss-reactive ketones (excluding diaryl/α,β-unsaturated/α-hetero) is 1. The molecule has 5 rings (SSSR count). The summed E-state index contributed by atoms with van der Waals surface area (Å²) in [6.07, 6.45) is 2.39. The van der Waals surface area contributed by atoms with E-state index in [-0.39, 0.29) is 17.9 Å². The van der Waals surface area contributed by atoms with Crippen molar-refractivity contribution in [2.45, 2.75) is 39.5 Å². The normalized spacial score (nSPS) is 16.7. The number of aliphatic hydroxyl groups is 1. The Labute approximate surface area is 221 Å². The summed E-state index contributed by atoms with van der Waals surface area (Å²) < 4.78 is 11.4. The van der Waals surface area contributed by atoms with Crippen LogP contribution in [-0.4, -0.2) is 21.7 Å². The molecule has 6 heteroatoms. The highest BCUT2D eigenvalue weighted by molar-refractivity contribution is 6.46. The Balaban J connectivity index is 1.46. The fourth-order valence-corrected chi connectivity index (χ4v) is 4.73. The van der Waals surface area contributed by atoms with Crippen molar-refractivity contribution in [1.82, 2.24) is 4.90 Å². The van der Waals surface area contributed by atoms with Gasteiger partial charge in [0.2, 0.25) is 0 Å². The number of ketones is 1. The average Bonchev–Trinajstić information content (AvgIpc) is 3.54. The molecule has 0 spiro atoms. The van der Waals surface area contributed by atoms with Crippen LogP contribution >= 0.6 is 0 Å². The van der Waals surface area contributed by atoms with Gasteiger partial charge in [-0.3, -0.25) is 9.59 Å². The molecule has 1 saturated heterocycles. The zero-order valence-corrected chi connectivity index (χ0v) is 21.4. The third-order valence-corrected chi connectivity index (χ3v) is 6.77. The molecule has 192 valence electrons. The molecule has 1 N–H and O–H groups in total. The second kappa shape index (κ2) is 10.8. The van der Waals surface area contributed by atoms with E-state index >= 15 is 0 Å². The topological polar surface area (TPSA) is 80.0 Å². The molecule has 1 aliphatic rings. The summed E-state index contributed by atoms with van der Waals surface area (Å²) in [6, 6.07) is 25.5. The van der Waals surface area contributed by atoms with Gasteiger partial charge >= 0.3 is 0 Å². The summed E-state index contributed by atoms with van der Waals surface area (Å²) in [5.74, 6) is -0.436. The minimum absolute atomic E-state index is 0.0548. The van der Waals surface area contributed by atoms with Gasteiger partial charge in [-0.2, -0.15) is 0 Å². The van der Waals surface area contributed by atoms with Crippen molar-refractivity contribution in [3.05, 3.63) is 130 Å². The molecular weight excluding hydrogens is 478 g/mol. The first kappa shape index (κ1) is 25.1. The summed E-state index contributed by atoms with van der Waals surface area (Å²) in [4.78, 5) is 27.9. The quantitative estimate of drug-likeness (QED) is 0.171. The maximum atomic E-state index is 13.3. The number of benzene rings is 3. The first-order valence-corrected chi connectivity index (χ1v) is 12.6. The molecular formula is C32H29NO5. The van der Waals surface area contributed by atoms with Crippen LogP contribution in [-0.2, 0) is 29.2 Å². The van der Waals surface area contributed by atoms with Gasteiger partial charge in [-0.1, -0.05) is 61.0 Å². The van der Waals surface area contributed by atoms with Crippen LogP contribution in [0.3, 0.4) is 0 Å². The molecule has 6 nitrogen and oxygen atoms in total. The van der Waals surface area contributed by atoms with Crippen molar-refractivity contribution in [3.63, 3.8) is 0 Å². The lowest BCUT2D eigenvalue weighted by Gasteiger charge is -2.24. The molecule has 1 amide bonds. The second-order valence-electron chi connectivity index (χ2n) is 9.40. The number of carbonyl (C=O) groups excluding carboxylic acids is 2. The van der Waals surface area contributed by atoms with Gasteiger partial charge in [0.05, 0.1) is 24.4 Å². The first-order valence-electron chi connectivity index (χ1n) is 12.6. The zero-order chi connectivity index (χ0) is 26.6. The predicted octanol–water partition coefficient (Wildman–Crippen LogP) is 6.35. The lowest BCUT2D eigenvalue weighted by molar-refractivity contribution is -0.140. The molecule has 3 aromatic carbocycles. The molecule has 0 radical (unpaired) electrons. The maximum Gasteiger partial charge on any atom is 0.296 e. The summed E-state index contributed by atoms with van der Waals surface area (Å²) in [5, 5.41) is 11.3. The number of hydrogen-bond acceptors (Lipinski definition) is 5. The molecule has 38 heavy (non-hydrogen) atoms. The van der Waals surface area contributed by atoms with Crippen molar-refractivity contribution in [3.8, 4) is 5.75 Å². The number of furan rings is 1. The van der Waals surface area contributed by atoms with Gasteiger partial charge in [0, 0.05) is 5.56 Å². The minimum Gasteiger partial charge on any atom is -0.507 e. The van der Waals surface area contributed by atoms with E-state index in [4.69, 9.17) is 9.15 Å². The summed E-state index contributed by atoms with van der Waals surface area (Å²) >= 11 is 0. The number of hydrogen-bond donors (Lipinski definition) is 1. The molecule has 1 aromatic heterocycles. The van der Waals surface area contributed by atoms with Crippen LogP contribution in [0.4, 0.5) is 0 Å². The number of likely N-dealkylation sites (tertiary alicyclic amines) is 1. The van der Waals surface area contributed by atoms with Gasteiger partial charge in [-0.05, 0) is 66.4 Å². The highest BCUT2D eigenvalue weighted by Crippen LogP contribution is 2.40. The molecule has 2 heterocycles. The molecule has 1 fully saturated rings. The highest BCUT2D eigenvalue weighted by atomic mass is 16.5. The zero-order valence-electron chi connectivity index (χ0n) is 21.4. The third kappa shape index (κ3) is 5.11. The molecule has 4 aromatic rings. The summed E-state index contributed by atoms with van der Waals surface area (Å²) in [6.45, 7) is 4.62. The van der Waals surface area contributed by atoms with Crippen LogP contribution in [0.25, 0.3) is 5.76 Å². The fourth-order valence-electron chi connectivity index (χ4n) is 4.73. The Bertz CT molecular complexity index is 1470. The Morgan fingerprint density at radius 1 is 0.947 bits per heavy atom. The highest BCUT2D eigenvalue weighted by Gasteiger charge is 2.46. The number of carbonyl (C=O) groups is 2. The van der Waals surface area contributed by atoms with E-state index in [2.05, 4.69) is 13.0 Å². The lowest BCUT2D eigenvalue weighted by atomic mass is 9.94. The standard InChI is InChI=1S/C32H29NO5/c1-3-22-9-11-24(12-10-22)29-28(31(35)32(36)33(29)19-27-8-5-17-37-27)30(34)25-13-15-26(16-14-25)38-20-23-7-4-6-21(2)18-23/h4-18,29,34H,3,19-20H2,1-2H3/b30-28+. The second-order valence-corrected chi connectivity index (χ2v) is 9.40. The number of nitrogens with zero attached hydrogens (tertiary/aromatic N) is 1. The molecule has 0 saturated carbocycles. The number of rotatable bonds is 8. The van der Waals surface area contributed by atoms with E-state index in [1.807, 2.05) is 49.4 Å². The van der Waals surface area contributed by atoms with E-state index in [0.717, 1.165) is 28.7 Å². The smallest absolute Gasteiger partial charge is 0.296 e. The summed E-state index contributed by atoms with van der Waals surface area (Å²) in [7, 11) is 0. The molecule has 1 atom stereocenters. The molecule has 1 unspecified atom stereocenters. The number of aryl methyl sites for hydroxylation is 2. The SMILES string of the molecule is CCc1ccc(C2/C(=C(\O)c3ccc(OCc4cccc(C)c4)cc3)C(=O)C(=O)N2Cc2ccco2)cc1. The number of aliphatic hydroxyl groups excluding tert-OH is 1. The molecule has 0 aliphatic carbocycles. The molecule has 0 bridgehead atoms. The largest absolute Gasteiger partial charge is 0.507 e. The van der Waals surface area contributed by atoms with Gasteiger partial charge in [-0.25, -0.2) is 0 Å². The van der Waals surface area contributed by atoms with Crippen molar-refractivity contribution in [2.75, 3.05) is 0 Å². The predicted molar refractivity (Wildman–Crippen MR) is 144 cm³/mol. The van der Waals surface area contributed by atoms with Gasteiger partial charge in [0.25, 0.3) is 11.7 Å². The van der Waals surface area contributed by atoms with Crippen molar-refractivity contribution >= 4 is 17.4 Å². The van der Waals surface area contributed by atoms with E-state index in [9.17, 15) is 14.7 Å². The van der Waals surface area contributed by atoms with Gasteiger partial charge in [-0.15, -0.1) is 0 Å². The van der Waals surface area contributed by atoms with Crippen LogP contribution in [0.2, 0.25) is 0 Å². The van der Waals surface area contributed by atoms with Crippen LogP contribution < -0.4 is 4.74 Å². The van der Waals surface area contributed by atoms with Gasteiger partial charge < -0.3 is 19.2 Å². The maximum absolute atomic E-state index is 13.3.